The monoisotopic (exact) mass is 253 g/mol. The smallest absolute Gasteiger partial charge is 0.223 e. The summed E-state index contributed by atoms with van der Waals surface area (Å²) >= 11 is 0. The van der Waals surface area contributed by atoms with Crippen LogP contribution in [0, 0.1) is 11.7 Å². The minimum Gasteiger partial charge on any atom is -0.493 e. The van der Waals surface area contributed by atoms with Crippen LogP contribution in [-0.4, -0.2) is 26.2 Å². The summed E-state index contributed by atoms with van der Waals surface area (Å²) in [5.74, 6) is 0.547. The number of halogens is 1. The zero-order valence-corrected chi connectivity index (χ0v) is 10.4. The fraction of sp³-hybridized carbons (Fsp3) is 0.462. The minimum absolute atomic E-state index is 0.000413. The second-order valence-corrected chi connectivity index (χ2v) is 4.32. The van der Waals surface area contributed by atoms with Crippen LogP contribution in [0.1, 0.15) is 12.8 Å². The molecule has 2 rings (SSSR count). The van der Waals surface area contributed by atoms with Gasteiger partial charge in [-0.2, -0.15) is 0 Å². The molecule has 18 heavy (non-hydrogen) atoms. The zero-order chi connectivity index (χ0) is 13.1. The summed E-state index contributed by atoms with van der Waals surface area (Å²) in [6.45, 7) is 0. The van der Waals surface area contributed by atoms with Crippen molar-refractivity contribution in [3.63, 3.8) is 0 Å². The van der Waals surface area contributed by atoms with Gasteiger partial charge in [-0.25, -0.2) is 4.39 Å². The van der Waals surface area contributed by atoms with Crippen LogP contribution in [0.4, 0.5) is 4.39 Å². The molecule has 0 aromatic heterocycles. The van der Waals surface area contributed by atoms with Crippen LogP contribution < -0.4 is 14.8 Å². The van der Waals surface area contributed by atoms with Gasteiger partial charge in [0.1, 0.15) is 11.9 Å². The number of hydrogen-bond acceptors (Lipinski definition) is 3. The van der Waals surface area contributed by atoms with Crippen molar-refractivity contribution in [1.29, 1.82) is 0 Å². The van der Waals surface area contributed by atoms with Gasteiger partial charge < -0.3 is 14.8 Å². The Hall–Kier alpha value is -1.78. The van der Waals surface area contributed by atoms with Crippen molar-refractivity contribution in [3.05, 3.63) is 24.0 Å². The molecule has 4 nitrogen and oxygen atoms in total. The summed E-state index contributed by atoms with van der Waals surface area (Å²) in [5, 5.41) is 2.60. The topological polar surface area (TPSA) is 47.6 Å². The van der Waals surface area contributed by atoms with E-state index < -0.39 is 0 Å². The second-order valence-electron chi connectivity index (χ2n) is 4.32. The second kappa shape index (κ2) is 5.25. The Kier molecular flexibility index (Phi) is 3.69. The van der Waals surface area contributed by atoms with E-state index in [2.05, 4.69) is 5.32 Å². The molecule has 1 amide bonds. The van der Waals surface area contributed by atoms with Gasteiger partial charge in [-0.3, -0.25) is 4.79 Å². The maximum absolute atomic E-state index is 13.1. The highest BCUT2D eigenvalue weighted by molar-refractivity contribution is 5.79. The van der Waals surface area contributed by atoms with E-state index in [1.807, 2.05) is 0 Å². The first-order valence-electron chi connectivity index (χ1n) is 5.86. The number of carbonyl (C=O) groups is 1. The average Bonchev–Trinajstić information content (AvgIpc) is 2.32. The Labute approximate surface area is 105 Å². The van der Waals surface area contributed by atoms with Crippen LogP contribution in [-0.2, 0) is 4.79 Å². The van der Waals surface area contributed by atoms with E-state index in [1.54, 1.807) is 7.05 Å². The molecule has 1 saturated carbocycles. The first kappa shape index (κ1) is 12.7. The first-order valence-corrected chi connectivity index (χ1v) is 5.86. The number of amides is 1. The highest BCUT2D eigenvalue weighted by Gasteiger charge is 2.36. The number of nitrogens with one attached hydrogen (secondary N) is 1. The van der Waals surface area contributed by atoms with Gasteiger partial charge in [0, 0.05) is 19.0 Å². The Morgan fingerprint density at radius 3 is 2.72 bits per heavy atom. The van der Waals surface area contributed by atoms with Gasteiger partial charge in [0.15, 0.2) is 11.5 Å². The lowest BCUT2D eigenvalue weighted by molar-refractivity contribution is -0.130. The van der Waals surface area contributed by atoms with Gasteiger partial charge in [-0.1, -0.05) is 0 Å². The number of carbonyl (C=O) groups excluding carboxylic acids is 1. The standard InChI is InChI=1S/C13H16FNO3/c1-15-13(16)8-5-10(6-8)18-12-7-9(14)3-4-11(12)17-2/h3-4,7-8,10H,5-6H2,1-2H3,(H,15,16). The van der Waals surface area contributed by atoms with Gasteiger partial charge >= 0.3 is 0 Å². The number of hydrogen-bond donors (Lipinski definition) is 1. The van der Waals surface area contributed by atoms with E-state index in [1.165, 1.54) is 25.3 Å². The van der Waals surface area contributed by atoms with E-state index >= 15 is 0 Å². The molecule has 1 aliphatic rings. The zero-order valence-electron chi connectivity index (χ0n) is 10.4. The Morgan fingerprint density at radius 2 is 2.11 bits per heavy atom. The summed E-state index contributed by atoms with van der Waals surface area (Å²) in [5.41, 5.74) is 0. The lowest BCUT2D eigenvalue weighted by atomic mass is 9.81. The van der Waals surface area contributed by atoms with Crippen LogP contribution in [0.2, 0.25) is 0 Å². The molecule has 0 radical (unpaired) electrons. The lowest BCUT2D eigenvalue weighted by Gasteiger charge is -2.34. The van der Waals surface area contributed by atoms with Gasteiger partial charge in [0.2, 0.25) is 5.91 Å². The molecule has 0 aliphatic heterocycles. The van der Waals surface area contributed by atoms with E-state index in [0.29, 0.717) is 24.3 Å². The number of ether oxygens (including phenoxy) is 2. The summed E-state index contributed by atoms with van der Waals surface area (Å²) in [7, 11) is 3.13. The highest BCUT2D eigenvalue weighted by atomic mass is 19.1. The predicted octanol–water partition coefficient (Wildman–Crippen LogP) is 1.74. The number of rotatable bonds is 4. The molecule has 0 bridgehead atoms. The van der Waals surface area contributed by atoms with Crippen LogP contribution in [0.5, 0.6) is 11.5 Å². The molecule has 0 saturated heterocycles. The Morgan fingerprint density at radius 1 is 1.39 bits per heavy atom. The van der Waals surface area contributed by atoms with E-state index in [-0.39, 0.29) is 23.7 Å². The van der Waals surface area contributed by atoms with Crippen molar-refractivity contribution in [2.75, 3.05) is 14.2 Å². The largest absolute Gasteiger partial charge is 0.493 e. The highest BCUT2D eigenvalue weighted by Crippen LogP contribution is 2.35. The molecule has 0 spiro atoms. The number of benzene rings is 1. The average molecular weight is 253 g/mol. The first-order chi connectivity index (χ1) is 8.63. The Balaban J connectivity index is 1.95. The van der Waals surface area contributed by atoms with Crippen LogP contribution in [0.3, 0.4) is 0 Å². The molecular weight excluding hydrogens is 237 g/mol. The summed E-state index contributed by atoms with van der Waals surface area (Å²) in [6, 6.07) is 4.14. The molecule has 1 fully saturated rings. The van der Waals surface area contributed by atoms with Crippen molar-refractivity contribution in [2.24, 2.45) is 5.92 Å². The predicted molar refractivity (Wildman–Crippen MR) is 64.2 cm³/mol. The quantitative estimate of drug-likeness (QED) is 0.889. The summed E-state index contributed by atoms with van der Waals surface area (Å²) < 4.78 is 23.8. The summed E-state index contributed by atoms with van der Waals surface area (Å²) in [6.07, 6.45) is 1.25. The molecule has 1 aliphatic carbocycles. The molecular formula is C13H16FNO3. The maximum Gasteiger partial charge on any atom is 0.223 e. The number of methoxy groups -OCH3 is 1. The van der Waals surface area contributed by atoms with E-state index in [0.717, 1.165) is 0 Å². The van der Waals surface area contributed by atoms with Crippen LogP contribution >= 0.6 is 0 Å². The molecule has 1 aromatic rings. The third-order valence-electron chi connectivity index (χ3n) is 3.13. The lowest BCUT2D eigenvalue weighted by Crippen LogP contribution is -2.42. The van der Waals surface area contributed by atoms with Crippen molar-refractivity contribution in [1.82, 2.24) is 5.32 Å². The van der Waals surface area contributed by atoms with Gasteiger partial charge in [0.05, 0.1) is 7.11 Å². The maximum atomic E-state index is 13.1. The van der Waals surface area contributed by atoms with Gasteiger partial charge in [0.25, 0.3) is 0 Å². The third-order valence-corrected chi connectivity index (χ3v) is 3.13. The van der Waals surface area contributed by atoms with Crippen LogP contribution in [0.15, 0.2) is 18.2 Å². The molecule has 0 atom stereocenters. The fourth-order valence-corrected chi connectivity index (χ4v) is 2.00. The molecule has 0 unspecified atom stereocenters. The van der Waals surface area contributed by atoms with E-state index in [9.17, 15) is 9.18 Å². The van der Waals surface area contributed by atoms with Crippen molar-refractivity contribution in [3.8, 4) is 11.5 Å². The SMILES string of the molecule is CNC(=O)C1CC(Oc2cc(F)ccc2OC)C1. The van der Waals surface area contributed by atoms with E-state index in [4.69, 9.17) is 9.47 Å². The third kappa shape index (κ3) is 2.55. The molecule has 1 N–H and O–H groups in total. The van der Waals surface area contributed by atoms with Gasteiger partial charge in [-0.15, -0.1) is 0 Å². The van der Waals surface area contributed by atoms with Gasteiger partial charge in [-0.05, 0) is 25.0 Å². The van der Waals surface area contributed by atoms with Crippen LogP contribution in [0.25, 0.3) is 0 Å². The molecule has 1 aromatic carbocycles. The van der Waals surface area contributed by atoms with Crippen molar-refractivity contribution in [2.45, 2.75) is 18.9 Å². The van der Waals surface area contributed by atoms with Crippen molar-refractivity contribution < 1.29 is 18.7 Å². The Bertz CT molecular complexity index is 444. The fourth-order valence-electron chi connectivity index (χ4n) is 2.00. The molecule has 5 heteroatoms. The minimum atomic E-state index is -0.368. The molecule has 0 heterocycles. The van der Waals surface area contributed by atoms with Crippen molar-refractivity contribution >= 4 is 5.91 Å². The normalized spacial score (nSPS) is 21.9. The molecule has 98 valence electrons. The summed E-state index contributed by atoms with van der Waals surface area (Å²) in [4.78, 5) is 11.3.